The van der Waals surface area contributed by atoms with Crippen LogP contribution in [0.2, 0.25) is 10.0 Å². The molecule has 2 rings (SSSR count). The van der Waals surface area contributed by atoms with Crippen LogP contribution in [0.1, 0.15) is 10.4 Å². The number of hydrogen-bond acceptors (Lipinski definition) is 2. The molecule has 1 N–H and O–H groups in total. The van der Waals surface area contributed by atoms with Crippen molar-refractivity contribution in [3.05, 3.63) is 57.8 Å². The first-order chi connectivity index (χ1) is 8.97. The van der Waals surface area contributed by atoms with Crippen LogP contribution in [0.5, 0.6) is 0 Å². The van der Waals surface area contributed by atoms with Crippen LogP contribution in [-0.4, -0.2) is 5.91 Å². The summed E-state index contributed by atoms with van der Waals surface area (Å²) in [5.41, 5.74) is 0.215. The number of benzene rings is 2. The van der Waals surface area contributed by atoms with Gasteiger partial charge in [0.2, 0.25) is 0 Å². The second-order valence-electron chi connectivity index (χ2n) is 3.74. The summed E-state index contributed by atoms with van der Waals surface area (Å²) in [6.07, 6.45) is 0. The van der Waals surface area contributed by atoms with E-state index in [0.717, 1.165) is 0 Å². The Bertz CT molecular complexity index is 649. The van der Waals surface area contributed by atoms with Gasteiger partial charge in [-0.05, 0) is 36.4 Å². The van der Waals surface area contributed by atoms with Crippen LogP contribution in [0, 0.1) is 5.82 Å². The molecule has 0 bridgehead atoms. The molecule has 0 fully saturated rings. The van der Waals surface area contributed by atoms with Gasteiger partial charge in [-0.25, -0.2) is 4.39 Å². The van der Waals surface area contributed by atoms with E-state index in [0.29, 0.717) is 20.6 Å². The zero-order valence-corrected chi connectivity index (χ0v) is 11.9. The number of hydrogen-bond donors (Lipinski definition) is 2. The summed E-state index contributed by atoms with van der Waals surface area (Å²) in [5.74, 6) is -1.24. The number of carbonyl (C=O) groups excluding carboxylic acids is 1. The van der Waals surface area contributed by atoms with Crippen LogP contribution < -0.4 is 5.32 Å². The number of thiol groups is 1. The molecular weight excluding hydrogens is 308 g/mol. The van der Waals surface area contributed by atoms with E-state index >= 15 is 0 Å². The van der Waals surface area contributed by atoms with Crippen molar-refractivity contribution in [3.63, 3.8) is 0 Å². The van der Waals surface area contributed by atoms with Crippen molar-refractivity contribution in [2.75, 3.05) is 5.32 Å². The Morgan fingerprint density at radius 1 is 1.16 bits per heavy atom. The molecule has 2 nitrogen and oxygen atoms in total. The zero-order chi connectivity index (χ0) is 14.0. The summed E-state index contributed by atoms with van der Waals surface area (Å²) in [5, 5.41) is 3.25. The van der Waals surface area contributed by atoms with Gasteiger partial charge in [-0.15, -0.1) is 12.6 Å². The summed E-state index contributed by atoms with van der Waals surface area (Å²) in [7, 11) is 0. The number of carbonyl (C=O) groups is 1. The standard InChI is InChI=1S/C13H8Cl2FNOS/c14-7-1-3-10(15)12(5-7)17-13(18)9-6-8(19)2-4-11(9)16/h1-6,19H,(H,17,18). The van der Waals surface area contributed by atoms with Crippen LogP contribution in [0.15, 0.2) is 41.3 Å². The van der Waals surface area contributed by atoms with Crippen molar-refractivity contribution in [1.29, 1.82) is 0 Å². The predicted octanol–water partition coefficient (Wildman–Crippen LogP) is 4.67. The monoisotopic (exact) mass is 315 g/mol. The van der Waals surface area contributed by atoms with E-state index in [1.165, 1.54) is 24.3 Å². The van der Waals surface area contributed by atoms with Crippen LogP contribution in [-0.2, 0) is 0 Å². The van der Waals surface area contributed by atoms with Gasteiger partial charge in [0.05, 0.1) is 16.3 Å². The molecule has 0 radical (unpaired) electrons. The van der Waals surface area contributed by atoms with Gasteiger partial charge >= 0.3 is 0 Å². The summed E-state index contributed by atoms with van der Waals surface area (Å²) < 4.78 is 13.5. The van der Waals surface area contributed by atoms with Crippen molar-refractivity contribution in [2.45, 2.75) is 4.90 Å². The van der Waals surface area contributed by atoms with Gasteiger partial charge in [0, 0.05) is 9.92 Å². The second kappa shape index (κ2) is 5.82. The first-order valence-electron chi connectivity index (χ1n) is 5.22. The minimum atomic E-state index is -0.631. The van der Waals surface area contributed by atoms with Gasteiger partial charge in [0.1, 0.15) is 5.82 Å². The smallest absolute Gasteiger partial charge is 0.258 e. The topological polar surface area (TPSA) is 29.1 Å². The molecule has 0 aliphatic rings. The summed E-state index contributed by atoms with van der Waals surface area (Å²) >= 11 is 15.8. The molecule has 0 atom stereocenters. The van der Waals surface area contributed by atoms with E-state index < -0.39 is 11.7 Å². The maximum Gasteiger partial charge on any atom is 0.258 e. The molecule has 0 spiro atoms. The van der Waals surface area contributed by atoms with Crippen LogP contribution in [0.3, 0.4) is 0 Å². The number of rotatable bonds is 2. The van der Waals surface area contributed by atoms with Crippen LogP contribution >= 0.6 is 35.8 Å². The molecule has 98 valence electrons. The third-order valence-electron chi connectivity index (χ3n) is 2.37. The molecule has 0 saturated heterocycles. The molecule has 0 aliphatic heterocycles. The van der Waals surface area contributed by atoms with Crippen molar-refractivity contribution < 1.29 is 9.18 Å². The summed E-state index contributed by atoms with van der Waals surface area (Å²) in [6, 6.07) is 8.61. The van der Waals surface area contributed by atoms with Gasteiger partial charge in [-0.1, -0.05) is 23.2 Å². The lowest BCUT2D eigenvalue weighted by Gasteiger charge is -2.08. The highest BCUT2D eigenvalue weighted by Crippen LogP contribution is 2.26. The van der Waals surface area contributed by atoms with E-state index in [1.54, 1.807) is 12.1 Å². The maximum atomic E-state index is 13.5. The number of halogens is 3. The Hall–Kier alpha value is -1.23. The lowest BCUT2D eigenvalue weighted by atomic mass is 10.2. The van der Waals surface area contributed by atoms with E-state index in [9.17, 15) is 9.18 Å². The number of anilines is 1. The zero-order valence-electron chi connectivity index (χ0n) is 9.45. The van der Waals surface area contributed by atoms with Gasteiger partial charge in [-0.2, -0.15) is 0 Å². The maximum absolute atomic E-state index is 13.5. The quantitative estimate of drug-likeness (QED) is 0.774. The lowest BCUT2D eigenvalue weighted by molar-refractivity contribution is 0.102. The Kier molecular flexibility index (Phi) is 4.34. The highest BCUT2D eigenvalue weighted by molar-refractivity contribution is 7.80. The van der Waals surface area contributed by atoms with Gasteiger partial charge in [0.25, 0.3) is 5.91 Å². The third kappa shape index (κ3) is 3.41. The number of amides is 1. The molecule has 2 aromatic rings. The highest BCUT2D eigenvalue weighted by atomic mass is 35.5. The molecule has 19 heavy (non-hydrogen) atoms. The normalized spacial score (nSPS) is 10.3. The summed E-state index contributed by atoms with van der Waals surface area (Å²) in [4.78, 5) is 12.5. The predicted molar refractivity (Wildman–Crippen MR) is 78.1 cm³/mol. The third-order valence-corrected chi connectivity index (χ3v) is 3.21. The molecule has 0 aliphatic carbocycles. The molecule has 0 aromatic heterocycles. The first kappa shape index (κ1) is 14.2. The van der Waals surface area contributed by atoms with Crippen LogP contribution in [0.25, 0.3) is 0 Å². The Balaban J connectivity index is 2.30. The Morgan fingerprint density at radius 2 is 1.89 bits per heavy atom. The molecule has 0 heterocycles. The van der Waals surface area contributed by atoms with E-state index in [-0.39, 0.29) is 5.56 Å². The molecule has 1 amide bonds. The van der Waals surface area contributed by atoms with Crippen LogP contribution in [0.4, 0.5) is 10.1 Å². The molecular formula is C13H8Cl2FNOS. The van der Waals surface area contributed by atoms with Crippen molar-refractivity contribution in [1.82, 2.24) is 0 Å². The van der Waals surface area contributed by atoms with E-state index in [2.05, 4.69) is 17.9 Å². The van der Waals surface area contributed by atoms with Gasteiger partial charge in [-0.3, -0.25) is 4.79 Å². The Labute approximate surface area is 124 Å². The summed E-state index contributed by atoms with van der Waals surface area (Å²) in [6.45, 7) is 0. The fourth-order valence-electron chi connectivity index (χ4n) is 1.47. The average Bonchev–Trinajstić information content (AvgIpc) is 2.36. The first-order valence-corrected chi connectivity index (χ1v) is 6.42. The minimum Gasteiger partial charge on any atom is -0.320 e. The lowest BCUT2D eigenvalue weighted by Crippen LogP contribution is -2.14. The fraction of sp³-hybridized carbons (Fsp3) is 0. The van der Waals surface area contributed by atoms with E-state index in [1.807, 2.05) is 0 Å². The minimum absolute atomic E-state index is 0.108. The molecule has 0 saturated carbocycles. The fourth-order valence-corrected chi connectivity index (χ4v) is 2.01. The van der Waals surface area contributed by atoms with Crippen molar-refractivity contribution in [3.8, 4) is 0 Å². The second-order valence-corrected chi connectivity index (χ2v) is 5.10. The largest absolute Gasteiger partial charge is 0.320 e. The molecule has 6 heteroatoms. The average molecular weight is 316 g/mol. The Morgan fingerprint density at radius 3 is 2.63 bits per heavy atom. The molecule has 0 unspecified atom stereocenters. The van der Waals surface area contributed by atoms with E-state index in [4.69, 9.17) is 23.2 Å². The van der Waals surface area contributed by atoms with Gasteiger partial charge in [0.15, 0.2) is 0 Å². The van der Waals surface area contributed by atoms with Crippen molar-refractivity contribution in [2.24, 2.45) is 0 Å². The van der Waals surface area contributed by atoms with Crippen molar-refractivity contribution >= 4 is 47.4 Å². The molecule has 2 aromatic carbocycles. The SMILES string of the molecule is O=C(Nc1cc(Cl)ccc1Cl)c1cc(S)ccc1F. The number of nitrogens with one attached hydrogen (secondary N) is 1. The van der Waals surface area contributed by atoms with Gasteiger partial charge < -0.3 is 5.32 Å². The highest BCUT2D eigenvalue weighted by Gasteiger charge is 2.13.